The average molecular weight is 473 g/mol. The summed E-state index contributed by atoms with van der Waals surface area (Å²) in [6, 6.07) is 8.63. The fourth-order valence-electron chi connectivity index (χ4n) is 3.96. The van der Waals surface area contributed by atoms with Crippen molar-refractivity contribution in [3.05, 3.63) is 62.5 Å². The summed E-state index contributed by atoms with van der Waals surface area (Å²) >= 11 is 12.7. The highest BCUT2D eigenvalue weighted by Crippen LogP contribution is 2.35. The molecule has 0 radical (unpaired) electrons. The third kappa shape index (κ3) is 4.09. The van der Waals surface area contributed by atoms with Crippen molar-refractivity contribution in [1.29, 1.82) is 5.26 Å². The lowest BCUT2D eigenvalue weighted by atomic mass is 10.1. The zero-order valence-corrected chi connectivity index (χ0v) is 18.3. The molecule has 1 aliphatic heterocycles. The lowest BCUT2D eigenvalue weighted by Gasteiger charge is -2.28. The van der Waals surface area contributed by atoms with E-state index in [1.54, 1.807) is 24.4 Å². The molecule has 0 spiro atoms. The van der Waals surface area contributed by atoms with E-state index in [1.807, 2.05) is 6.07 Å². The first-order chi connectivity index (χ1) is 15.4. The molecule has 164 valence electrons. The Labute approximate surface area is 193 Å². The Morgan fingerprint density at radius 3 is 2.88 bits per heavy atom. The molecule has 3 heterocycles. The number of hydrogen-bond acceptors (Lipinski definition) is 6. The maximum absolute atomic E-state index is 12.7. The number of aromatic carboxylic acids is 1. The number of aromatic nitrogens is 2. The second kappa shape index (κ2) is 9.07. The van der Waals surface area contributed by atoms with Crippen molar-refractivity contribution in [2.75, 3.05) is 18.1 Å². The SMILES string of the molecule is N#CCn1cc(C(=O)O)c(=O)c2cc(Cl)c(N3CCC[C@@H]3COc3ncccc3Cl)cc21. The highest BCUT2D eigenvalue weighted by Gasteiger charge is 2.28. The molecular formula is C22H18Cl2N4O4. The van der Waals surface area contributed by atoms with Crippen LogP contribution < -0.4 is 15.1 Å². The van der Waals surface area contributed by atoms with Gasteiger partial charge in [0.05, 0.1) is 28.3 Å². The Balaban J connectivity index is 1.72. The van der Waals surface area contributed by atoms with Crippen LogP contribution in [0.2, 0.25) is 10.0 Å². The minimum atomic E-state index is -1.35. The summed E-state index contributed by atoms with van der Waals surface area (Å²) in [6.07, 6.45) is 4.58. The summed E-state index contributed by atoms with van der Waals surface area (Å²) in [6.45, 7) is 0.960. The van der Waals surface area contributed by atoms with Gasteiger partial charge in [-0.2, -0.15) is 5.26 Å². The highest BCUT2D eigenvalue weighted by atomic mass is 35.5. The van der Waals surface area contributed by atoms with Crippen molar-refractivity contribution >= 4 is 45.8 Å². The number of nitriles is 1. The molecule has 32 heavy (non-hydrogen) atoms. The minimum absolute atomic E-state index is 0.00236. The maximum atomic E-state index is 12.7. The minimum Gasteiger partial charge on any atom is -0.477 e. The lowest BCUT2D eigenvalue weighted by Crippen LogP contribution is -2.34. The van der Waals surface area contributed by atoms with Crippen LogP contribution >= 0.6 is 23.2 Å². The third-order valence-corrected chi connectivity index (χ3v) is 6.03. The number of rotatable bonds is 6. The van der Waals surface area contributed by atoms with Gasteiger partial charge in [0.2, 0.25) is 11.3 Å². The van der Waals surface area contributed by atoms with E-state index in [-0.39, 0.29) is 18.0 Å². The van der Waals surface area contributed by atoms with E-state index in [2.05, 4.69) is 9.88 Å². The Morgan fingerprint density at radius 1 is 1.34 bits per heavy atom. The summed E-state index contributed by atoms with van der Waals surface area (Å²) in [7, 11) is 0. The van der Waals surface area contributed by atoms with Crippen LogP contribution in [0.3, 0.4) is 0 Å². The van der Waals surface area contributed by atoms with Gasteiger partial charge in [-0.05, 0) is 37.1 Å². The highest BCUT2D eigenvalue weighted by molar-refractivity contribution is 6.34. The Bertz CT molecular complexity index is 1300. The Morgan fingerprint density at radius 2 is 2.16 bits per heavy atom. The van der Waals surface area contributed by atoms with Crippen LogP contribution in [0, 0.1) is 11.3 Å². The van der Waals surface area contributed by atoms with E-state index in [4.69, 9.17) is 27.9 Å². The van der Waals surface area contributed by atoms with Gasteiger partial charge in [-0.25, -0.2) is 9.78 Å². The summed E-state index contributed by atoms with van der Waals surface area (Å²) in [5, 5.41) is 19.4. The maximum Gasteiger partial charge on any atom is 0.341 e. The number of carbonyl (C=O) groups is 1. The number of nitrogens with zero attached hydrogens (tertiary/aromatic N) is 4. The van der Waals surface area contributed by atoms with E-state index in [0.717, 1.165) is 19.4 Å². The standard InChI is InChI=1S/C22H18Cl2N4O4/c23-16-4-1-6-26-21(16)32-12-13-3-2-7-28(13)19-10-18-14(9-17(19)24)20(29)15(22(30)31)11-27(18)8-5-25/h1,4,6,9-11,13H,2-3,7-8,12H2,(H,30,31)/t13-/m1/s1. The molecule has 4 rings (SSSR count). The van der Waals surface area contributed by atoms with Crippen LogP contribution in [0.4, 0.5) is 5.69 Å². The molecule has 0 unspecified atom stereocenters. The van der Waals surface area contributed by atoms with Crippen LogP contribution in [0.1, 0.15) is 23.2 Å². The van der Waals surface area contributed by atoms with E-state index < -0.39 is 17.0 Å². The second-order valence-electron chi connectivity index (χ2n) is 7.37. The number of fused-ring (bicyclic) bond motifs is 1. The van der Waals surface area contributed by atoms with E-state index >= 15 is 0 Å². The van der Waals surface area contributed by atoms with Crippen molar-refractivity contribution in [3.63, 3.8) is 0 Å². The average Bonchev–Trinajstić information content (AvgIpc) is 3.23. The normalized spacial score (nSPS) is 15.7. The third-order valence-electron chi connectivity index (χ3n) is 5.44. The van der Waals surface area contributed by atoms with Gasteiger partial charge in [-0.3, -0.25) is 4.79 Å². The number of halogens is 2. The summed E-state index contributed by atoms with van der Waals surface area (Å²) < 4.78 is 7.29. The molecule has 10 heteroatoms. The van der Waals surface area contributed by atoms with Gasteiger partial charge < -0.3 is 19.3 Å². The first kappa shape index (κ1) is 21.9. The number of benzene rings is 1. The molecule has 0 saturated carbocycles. The molecule has 0 amide bonds. The van der Waals surface area contributed by atoms with Crippen LogP contribution in [-0.2, 0) is 6.54 Å². The topological polar surface area (TPSA) is 108 Å². The van der Waals surface area contributed by atoms with Crippen LogP contribution in [-0.4, -0.2) is 39.8 Å². The van der Waals surface area contributed by atoms with Gasteiger partial charge in [-0.1, -0.05) is 23.2 Å². The van der Waals surface area contributed by atoms with Crippen molar-refractivity contribution in [1.82, 2.24) is 9.55 Å². The van der Waals surface area contributed by atoms with Gasteiger partial charge >= 0.3 is 5.97 Å². The van der Waals surface area contributed by atoms with Crippen LogP contribution in [0.25, 0.3) is 10.9 Å². The summed E-state index contributed by atoms with van der Waals surface area (Å²) in [4.78, 5) is 30.4. The molecule has 0 aliphatic carbocycles. The molecule has 3 aromatic rings. The lowest BCUT2D eigenvalue weighted by molar-refractivity contribution is 0.0695. The molecular weight excluding hydrogens is 455 g/mol. The molecule has 0 bridgehead atoms. The van der Waals surface area contributed by atoms with Gasteiger partial charge in [0.15, 0.2) is 0 Å². The van der Waals surface area contributed by atoms with Crippen LogP contribution in [0.5, 0.6) is 5.88 Å². The number of hydrogen-bond donors (Lipinski definition) is 1. The Kier molecular flexibility index (Phi) is 6.21. The zero-order valence-electron chi connectivity index (χ0n) is 16.8. The van der Waals surface area contributed by atoms with Crippen molar-refractivity contribution in [2.45, 2.75) is 25.4 Å². The van der Waals surface area contributed by atoms with Crippen molar-refractivity contribution in [2.24, 2.45) is 0 Å². The van der Waals surface area contributed by atoms with E-state index in [9.17, 15) is 20.0 Å². The quantitative estimate of drug-likeness (QED) is 0.577. The molecule has 1 fully saturated rings. The fraction of sp³-hybridized carbons (Fsp3) is 0.273. The van der Waals surface area contributed by atoms with E-state index in [1.165, 1.54) is 16.8 Å². The predicted molar refractivity (Wildman–Crippen MR) is 121 cm³/mol. The Hall–Kier alpha value is -3.28. The monoisotopic (exact) mass is 472 g/mol. The first-order valence-electron chi connectivity index (χ1n) is 9.87. The van der Waals surface area contributed by atoms with Gasteiger partial charge in [0, 0.05) is 24.3 Å². The largest absolute Gasteiger partial charge is 0.477 e. The smallest absolute Gasteiger partial charge is 0.341 e. The van der Waals surface area contributed by atoms with Gasteiger partial charge in [0.1, 0.15) is 23.7 Å². The van der Waals surface area contributed by atoms with Gasteiger partial charge in [0.25, 0.3) is 0 Å². The number of carboxylic acids is 1. The van der Waals surface area contributed by atoms with Crippen molar-refractivity contribution < 1.29 is 14.6 Å². The molecule has 1 N–H and O–H groups in total. The molecule has 8 nitrogen and oxygen atoms in total. The number of pyridine rings is 2. The molecule has 1 atom stereocenters. The van der Waals surface area contributed by atoms with Gasteiger partial charge in [-0.15, -0.1) is 0 Å². The second-order valence-corrected chi connectivity index (χ2v) is 8.19. The number of ether oxygens (including phenoxy) is 1. The summed E-state index contributed by atoms with van der Waals surface area (Å²) in [5.74, 6) is -0.997. The molecule has 2 aromatic heterocycles. The molecule has 1 aromatic carbocycles. The predicted octanol–water partition coefficient (Wildman–Crippen LogP) is 3.97. The number of carboxylic acid groups (broad SMARTS) is 1. The van der Waals surface area contributed by atoms with E-state index in [0.29, 0.717) is 33.7 Å². The summed E-state index contributed by atoms with van der Waals surface area (Å²) in [5.41, 5.74) is 0.0873. The fourth-order valence-corrected chi connectivity index (χ4v) is 4.41. The van der Waals surface area contributed by atoms with Crippen molar-refractivity contribution in [3.8, 4) is 11.9 Å². The number of anilines is 1. The van der Waals surface area contributed by atoms with Crippen LogP contribution in [0.15, 0.2) is 41.5 Å². The molecule has 1 saturated heterocycles. The molecule has 1 aliphatic rings. The zero-order chi connectivity index (χ0) is 22.8. The first-order valence-corrected chi connectivity index (χ1v) is 10.6.